The van der Waals surface area contributed by atoms with Gasteiger partial charge in [0.2, 0.25) is 5.91 Å². The zero-order valence-electron chi connectivity index (χ0n) is 13.8. The van der Waals surface area contributed by atoms with E-state index < -0.39 is 0 Å². The van der Waals surface area contributed by atoms with Crippen LogP contribution in [0.5, 0.6) is 0 Å². The predicted octanol–water partition coefficient (Wildman–Crippen LogP) is 3.73. The van der Waals surface area contributed by atoms with Crippen molar-refractivity contribution in [2.24, 2.45) is 0 Å². The van der Waals surface area contributed by atoms with Gasteiger partial charge in [-0.1, -0.05) is 55.5 Å². The highest BCUT2D eigenvalue weighted by atomic mass is 16.2. The third-order valence-electron chi connectivity index (χ3n) is 3.71. The summed E-state index contributed by atoms with van der Waals surface area (Å²) >= 11 is 0. The summed E-state index contributed by atoms with van der Waals surface area (Å²) in [6, 6.07) is 16.9. The Morgan fingerprint density at radius 2 is 1.75 bits per heavy atom. The Morgan fingerprint density at radius 1 is 1.08 bits per heavy atom. The molecule has 0 aliphatic carbocycles. The Kier molecular flexibility index (Phi) is 6.32. The van der Waals surface area contributed by atoms with Crippen molar-refractivity contribution in [1.82, 2.24) is 5.32 Å². The third kappa shape index (κ3) is 4.81. The molecule has 4 nitrogen and oxygen atoms in total. The highest BCUT2D eigenvalue weighted by molar-refractivity contribution is 6.03. The Balaban J connectivity index is 2.04. The molecule has 2 N–H and O–H groups in total. The van der Waals surface area contributed by atoms with Crippen molar-refractivity contribution in [3.8, 4) is 0 Å². The van der Waals surface area contributed by atoms with Gasteiger partial charge in [0.05, 0.1) is 11.3 Å². The zero-order valence-corrected chi connectivity index (χ0v) is 13.8. The van der Waals surface area contributed by atoms with Gasteiger partial charge in [0.1, 0.15) is 0 Å². The van der Waals surface area contributed by atoms with Crippen LogP contribution in [0.25, 0.3) is 0 Å². The number of rotatable bonds is 7. The Morgan fingerprint density at radius 3 is 2.46 bits per heavy atom. The molecule has 0 radical (unpaired) electrons. The van der Waals surface area contributed by atoms with E-state index in [1.165, 1.54) is 0 Å². The first-order valence-corrected chi connectivity index (χ1v) is 7.94. The molecule has 0 fully saturated rings. The first-order valence-electron chi connectivity index (χ1n) is 7.94. The lowest BCUT2D eigenvalue weighted by atomic mass is 9.97. The molecule has 1 unspecified atom stereocenters. The number of anilines is 1. The van der Waals surface area contributed by atoms with Crippen LogP contribution in [0.2, 0.25) is 0 Å². The van der Waals surface area contributed by atoms with Gasteiger partial charge in [0, 0.05) is 13.0 Å². The first kappa shape index (κ1) is 17.5. The summed E-state index contributed by atoms with van der Waals surface area (Å²) < 4.78 is 0. The summed E-state index contributed by atoms with van der Waals surface area (Å²) in [6.07, 6.45) is 1.97. The maximum Gasteiger partial charge on any atom is 0.253 e. The lowest BCUT2D eigenvalue weighted by Crippen LogP contribution is -2.25. The number of hydrogen-bond acceptors (Lipinski definition) is 2. The lowest BCUT2D eigenvalue weighted by molar-refractivity contribution is -0.116. The quantitative estimate of drug-likeness (QED) is 0.763. The van der Waals surface area contributed by atoms with E-state index >= 15 is 0 Å². The average Bonchev–Trinajstić information content (AvgIpc) is 2.60. The molecule has 4 heteroatoms. The van der Waals surface area contributed by atoms with Crippen molar-refractivity contribution in [2.75, 3.05) is 11.9 Å². The molecule has 2 amide bonds. The smallest absolute Gasteiger partial charge is 0.253 e. The fourth-order valence-corrected chi connectivity index (χ4v) is 2.43. The van der Waals surface area contributed by atoms with Gasteiger partial charge in [-0.2, -0.15) is 0 Å². The second-order valence-electron chi connectivity index (χ2n) is 5.61. The van der Waals surface area contributed by atoms with Crippen LogP contribution < -0.4 is 10.6 Å². The highest BCUT2D eigenvalue weighted by Gasteiger charge is 2.15. The molecule has 2 aromatic rings. The van der Waals surface area contributed by atoms with Crippen LogP contribution in [0.1, 0.15) is 35.2 Å². The fourth-order valence-electron chi connectivity index (χ4n) is 2.43. The summed E-state index contributed by atoms with van der Waals surface area (Å²) in [5, 5.41) is 5.56. The Labute approximate surface area is 142 Å². The molecule has 2 aromatic carbocycles. The normalized spacial score (nSPS) is 11.4. The minimum atomic E-state index is -0.234. The summed E-state index contributed by atoms with van der Waals surface area (Å²) in [5.74, 6) is -0.245. The van der Waals surface area contributed by atoms with E-state index in [-0.39, 0.29) is 17.7 Å². The molecule has 0 aliphatic rings. The van der Waals surface area contributed by atoms with Gasteiger partial charge in [-0.3, -0.25) is 9.59 Å². The molecule has 0 aliphatic heterocycles. The van der Waals surface area contributed by atoms with Crippen molar-refractivity contribution in [1.29, 1.82) is 0 Å². The van der Waals surface area contributed by atoms with E-state index in [1.54, 1.807) is 30.3 Å². The summed E-state index contributed by atoms with van der Waals surface area (Å²) in [7, 11) is 0. The summed E-state index contributed by atoms with van der Waals surface area (Å²) in [5.41, 5.74) is 2.08. The van der Waals surface area contributed by atoms with Crippen LogP contribution in [0.4, 0.5) is 5.69 Å². The number of amides is 2. The molecule has 124 valence electrons. The van der Waals surface area contributed by atoms with E-state index in [4.69, 9.17) is 0 Å². The molecule has 24 heavy (non-hydrogen) atoms. The van der Waals surface area contributed by atoms with Crippen molar-refractivity contribution >= 4 is 17.5 Å². The Hall–Kier alpha value is -2.88. The van der Waals surface area contributed by atoms with E-state index in [1.807, 2.05) is 37.3 Å². The topological polar surface area (TPSA) is 58.2 Å². The number of carbonyl (C=O) groups excluding carboxylic acids is 2. The zero-order chi connectivity index (χ0) is 17.4. The van der Waals surface area contributed by atoms with Gasteiger partial charge >= 0.3 is 0 Å². The van der Waals surface area contributed by atoms with Crippen LogP contribution in [-0.4, -0.2) is 18.4 Å². The Bertz CT molecular complexity index is 711. The van der Waals surface area contributed by atoms with Gasteiger partial charge in [-0.15, -0.1) is 6.58 Å². The lowest BCUT2D eigenvalue weighted by Gasteiger charge is -2.14. The second-order valence-corrected chi connectivity index (χ2v) is 5.61. The third-order valence-corrected chi connectivity index (χ3v) is 3.71. The van der Waals surface area contributed by atoms with Gasteiger partial charge in [0.25, 0.3) is 5.91 Å². The van der Waals surface area contributed by atoms with Gasteiger partial charge in [0.15, 0.2) is 0 Å². The first-order chi connectivity index (χ1) is 11.6. The molecule has 0 saturated carbocycles. The van der Waals surface area contributed by atoms with Gasteiger partial charge < -0.3 is 10.6 Å². The summed E-state index contributed by atoms with van der Waals surface area (Å²) in [6.45, 7) is 5.97. The molecule has 1 atom stereocenters. The molecule has 2 rings (SSSR count). The van der Waals surface area contributed by atoms with Crippen LogP contribution >= 0.6 is 0 Å². The maximum absolute atomic E-state index is 12.3. The number of para-hydroxylation sites is 1. The fraction of sp³-hybridized carbons (Fsp3) is 0.200. The maximum atomic E-state index is 12.3. The van der Waals surface area contributed by atoms with Crippen molar-refractivity contribution < 1.29 is 9.59 Å². The number of nitrogens with one attached hydrogen (secondary N) is 2. The summed E-state index contributed by atoms with van der Waals surface area (Å²) in [4.78, 5) is 24.5. The molecule has 0 heterocycles. The van der Waals surface area contributed by atoms with Crippen LogP contribution in [0, 0.1) is 0 Å². The molecule has 0 saturated heterocycles. The van der Waals surface area contributed by atoms with E-state index in [9.17, 15) is 9.59 Å². The number of benzene rings is 2. The van der Waals surface area contributed by atoms with Crippen LogP contribution in [0.3, 0.4) is 0 Å². The van der Waals surface area contributed by atoms with E-state index in [0.29, 0.717) is 24.2 Å². The predicted molar refractivity (Wildman–Crippen MR) is 97.1 cm³/mol. The minimum Gasteiger partial charge on any atom is -0.349 e. The molecule has 0 aromatic heterocycles. The standard InChI is InChI=1S/C20H22N2O2/c1-3-13-21-20(24)17-11-7-8-12-18(17)22-19(23)14-15(2)16-9-5-4-6-10-16/h3-12,15H,1,13-14H2,2H3,(H,21,24)(H,22,23). The monoisotopic (exact) mass is 322 g/mol. The van der Waals surface area contributed by atoms with Crippen molar-refractivity contribution in [2.45, 2.75) is 19.3 Å². The molecular weight excluding hydrogens is 300 g/mol. The van der Waals surface area contributed by atoms with E-state index in [0.717, 1.165) is 5.56 Å². The van der Waals surface area contributed by atoms with Crippen LogP contribution in [0.15, 0.2) is 67.3 Å². The molecule has 0 spiro atoms. The second kappa shape index (κ2) is 8.67. The van der Waals surface area contributed by atoms with Crippen LogP contribution in [-0.2, 0) is 4.79 Å². The average molecular weight is 322 g/mol. The highest BCUT2D eigenvalue weighted by Crippen LogP contribution is 2.21. The minimum absolute atomic E-state index is 0.105. The molecular formula is C20H22N2O2. The number of carbonyl (C=O) groups is 2. The number of hydrogen-bond donors (Lipinski definition) is 2. The van der Waals surface area contributed by atoms with Gasteiger partial charge in [-0.05, 0) is 23.6 Å². The van der Waals surface area contributed by atoms with Gasteiger partial charge in [-0.25, -0.2) is 0 Å². The van der Waals surface area contributed by atoms with E-state index in [2.05, 4.69) is 17.2 Å². The largest absolute Gasteiger partial charge is 0.349 e. The SMILES string of the molecule is C=CCNC(=O)c1ccccc1NC(=O)CC(C)c1ccccc1. The van der Waals surface area contributed by atoms with Crippen molar-refractivity contribution in [3.63, 3.8) is 0 Å². The molecule has 0 bridgehead atoms. The van der Waals surface area contributed by atoms with Crippen molar-refractivity contribution in [3.05, 3.63) is 78.4 Å².